The molecule has 0 saturated heterocycles. The average molecular weight is 346 g/mol. The zero-order valence-corrected chi connectivity index (χ0v) is 16.1. The molecule has 2 heterocycles. The van der Waals surface area contributed by atoms with Gasteiger partial charge in [0.05, 0.1) is 16.9 Å². The topological polar surface area (TPSA) is 93.9 Å². The first-order valence-electron chi connectivity index (χ1n) is 7.53. The summed E-state index contributed by atoms with van der Waals surface area (Å²) in [5, 5.41) is 14.8. The maximum Gasteiger partial charge on any atom is 1.00 e. The first-order valence-corrected chi connectivity index (χ1v) is 7.53. The van der Waals surface area contributed by atoms with Crippen LogP contribution in [0.2, 0.25) is 0 Å². The van der Waals surface area contributed by atoms with Crippen LogP contribution in [0.15, 0.2) is 45.6 Å². The van der Waals surface area contributed by atoms with Gasteiger partial charge in [0, 0.05) is 5.56 Å². The van der Waals surface area contributed by atoms with Crippen LogP contribution in [0.4, 0.5) is 0 Å². The van der Waals surface area contributed by atoms with Crippen LogP contribution < -0.4 is 39.7 Å². The number of fused-ring (bicyclic) bond motifs is 2. The molecule has 1 N–H and O–H groups in total. The predicted octanol–water partition coefficient (Wildman–Crippen LogP) is 0.0300. The number of hydrogen-bond donors (Lipinski definition) is 1. The zero-order valence-electron chi connectivity index (χ0n) is 15.1. The Hall–Kier alpha value is -2.22. The molecule has 0 amide bonds. The fraction of sp³-hybridized carbons (Fsp3) is 0.176. The third-order valence-corrected chi connectivity index (χ3v) is 3.62. The molecule has 4 rings (SSSR count). The molecule has 0 aliphatic heterocycles. The third kappa shape index (κ3) is 3.30. The Balaban J connectivity index is 0.00000121. The monoisotopic (exact) mass is 346 g/mol. The van der Waals surface area contributed by atoms with Crippen molar-refractivity contribution in [2.45, 2.75) is 20.0 Å². The molecule has 0 unspecified atom stereocenters. The van der Waals surface area contributed by atoms with Crippen molar-refractivity contribution in [2.24, 2.45) is 0 Å². The van der Waals surface area contributed by atoms with Gasteiger partial charge in [-0.15, -0.1) is 10.2 Å². The number of nitrogens with zero attached hydrogens (tertiary/aromatic N) is 3. The molecule has 0 aliphatic rings. The number of benzene rings is 2. The van der Waals surface area contributed by atoms with Crippen molar-refractivity contribution in [3.63, 3.8) is 0 Å². The Morgan fingerprint density at radius 2 is 1.96 bits per heavy atom. The summed E-state index contributed by atoms with van der Waals surface area (Å²) in [4.78, 5) is 12.8. The van der Waals surface area contributed by atoms with Gasteiger partial charge >= 0.3 is 29.6 Å². The summed E-state index contributed by atoms with van der Waals surface area (Å²) in [6.07, 6.45) is 0.0347. The number of H-pyrrole nitrogens is 1. The average Bonchev–Trinajstić information content (AvgIpc) is 3.09. The van der Waals surface area contributed by atoms with Gasteiger partial charge in [0.1, 0.15) is 16.9 Å². The molecule has 0 saturated carbocycles. The van der Waals surface area contributed by atoms with Crippen molar-refractivity contribution in [3.05, 3.63) is 46.6 Å². The van der Waals surface area contributed by atoms with Gasteiger partial charge in [-0.05, 0) is 49.4 Å². The second-order valence-corrected chi connectivity index (χ2v) is 5.70. The van der Waals surface area contributed by atoms with Crippen LogP contribution in [0.1, 0.15) is 15.3 Å². The number of ether oxygens (including phenoxy) is 1. The van der Waals surface area contributed by atoms with E-state index in [-0.39, 0.29) is 42.5 Å². The van der Waals surface area contributed by atoms with Crippen LogP contribution in [0.25, 0.3) is 33.3 Å². The normalized spacial score (nSPS) is 11.0. The molecule has 0 spiro atoms. The quantitative estimate of drug-likeness (QED) is 0.416. The van der Waals surface area contributed by atoms with Gasteiger partial charge in [0.2, 0.25) is 11.3 Å². The fourth-order valence-electron chi connectivity index (χ4n) is 2.60. The van der Waals surface area contributed by atoms with Crippen molar-refractivity contribution in [3.8, 4) is 17.1 Å². The van der Waals surface area contributed by atoms with Gasteiger partial charge in [-0.3, -0.25) is 4.79 Å². The van der Waals surface area contributed by atoms with Crippen LogP contribution in [-0.4, -0.2) is 26.7 Å². The summed E-state index contributed by atoms with van der Waals surface area (Å²) in [7, 11) is 0. The number of aromatic amines is 1. The van der Waals surface area contributed by atoms with Gasteiger partial charge in [-0.1, -0.05) is 6.07 Å². The number of aromatic nitrogens is 4. The Labute approximate surface area is 166 Å². The number of nitrogens with one attached hydrogen (secondary N) is 1. The minimum absolute atomic E-state index is 0. The van der Waals surface area contributed by atoms with E-state index in [0.29, 0.717) is 33.5 Å². The molecule has 2 aromatic heterocycles. The molecule has 122 valence electrons. The second-order valence-electron chi connectivity index (χ2n) is 5.70. The molecule has 0 aliphatic carbocycles. The number of tetrazole rings is 1. The Bertz CT molecular complexity index is 1100. The first-order chi connectivity index (χ1) is 11.6. The van der Waals surface area contributed by atoms with Crippen LogP contribution >= 0.6 is 0 Å². The molecular formula is C17H15N4NaO3. The fourth-order valence-corrected chi connectivity index (χ4v) is 2.60. The zero-order chi connectivity index (χ0) is 16.7. The molecule has 8 heteroatoms. The second kappa shape index (κ2) is 6.95. The molecule has 0 atom stereocenters. The maximum atomic E-state index is 12.8. The Morgan fingerprint density at radius 1 is 1.12 bits per heavy atom. The van der Waals surface area contributed by atoms with E-state index in [2.05, 4.69) is 20.6 Å². The third-order valence-electron chi connectivity index (χ3n) is 3.62. The molecule has 4 aromatic rings. The molecule has 2 aromatic carbocycles. The van der Waals surface area contributed by atoms with Crippen LogP contribution in [-0.2, 0) is 0 Å². The van der Waals surface area contributed by atoms with Crippen molar-refractivity contribution in [2.75, 3.05) is 0 Å². The molecular weight excluding hydrogens is 331 g/mol. The predicted molar refractivity (Wildman–Crippen MR) is 90.0 cm³/mol. The Kier molecular flexibility index (Phi) is 4.89. The van der Waals surface area contributed by atoms with Crippen molar-refractivity contribution in [1.29, 1.82) is 0 Å². The van der Waals surface area contributed by atoms with Crippen LogP contribution in [0.3, 0.4) is 0 Å². The summed E-state index contributed by atoms with van der Waals surface area (Å²) in [5.41, 5.74) is 1.61. The molecule has 0 bridgehead atoms. The van der Waals surface area contributed by atoms with Crippen LogP contribution in [0.5, 0.6) is 5.75 Å². The van der Waals surface area contributed by atoms with E-state index in [1.54, 1.807) is 36.4 Å². The largest absolute Gasteiger partial charge is 1.00 e. The smallest absolute Gasteiger partial charge is 1.00 e. The minimum atomic E-state index is -0.0971. The van der Waals surface area contributed by atoms with E-state index in [9.17, 15) is 4.79 Å². The van der Waals surface area contributed by atoms with E-state index >= 15 is 0 Å². The van der Waals surface area contributed by atoms with Crippen LogP contribution in [0, 0.1) is 0 Å². The van der Waals surface area contributed by atoms with E-state index in [1.165, 1.54) is 0 Å². The summed E-state index contributed by atoms with van der Waals surface area (Å²) in [5.74, 6) is 1.09. The number of rotatable bonds is 3. The first kappa shape index (κ1) is 17.6. The summed E-state index contributed by atoms with van der Waals surface area (Å²) in [6.45, 7) is 3.87. The maximum absolute atomic E-state index is 12.8. The van der Waals surface area contributed by atoms with Gasteiger partial charge < -0.3 is 10.6 Å². The van der Waals surface area contributed by atoms with Crippen molar-refractivity contribution >= 4 is 21.9 Å². The van der Waals surface area contributed by atoms with Gasteiger partial charge in [0.25, 0.3) is 0 Å². The van der Waals surface area contributed by atoms with E-state index in [4.69, 9.17) is 9.15 Å². The molecule has 7 nitrogen and oxygen atoms in total. The van der Waals surface area contributed by atoms with Gasteiger partial charge in [0.15, 0.2) is 0 Å². The number of hydrogen-bond acceptors (Lipinski definition) is 6. The summed E-state index contributed by atoms with van der Waals surface area (Å²) < 4.78 is 11.5. The van der Waals surface area contributed by atoms with Crippen molar-refractivity contribution < 1.29 is 40.1 Å². The standard InChI is InChI=1S/C17H14N4O3.Na.H/c1-9(2)23-11-4-6-14-13(8-11)16(22)12-5-3-10(7-15(12)24-14)17-18-20-21-19-17;;/h3-9H,1-2H3,(H,18,19,20,21);;/q;+1;-1. The van der Waals surface area contributed by atoms with E-state index in [1.807, 2.05) is 13.8 Å². The van der Waals surface area contributed by atoms with E-state index < -0.39 is 0 Å². The van der Waals surface area contributed by atoms with Gasteiger partial charge in [-0.2, -0.15) is 5.21 Å². The van der Waals surface area contributed by atoms with Gasteiger partial charge in [-0.25, -0.2) is 0 Å². The Morgan fingerprint density at radius 3 is 2.68 bits per heavy atom. The van der Waals surface area contributed by atoms with Crippen molar-refractivity contribution in [1.82, 2.24) is 20.6 Å². The SMILES string of the molecule is CC(C)Oc1ccc2oc3cc(-c4nn[nH]n4)ccc3c(=O)c2c1.[H-].[Na+]. The van der Waals surface area contributed by atoms with E-state index in [0.717, 1.165) is 5.56 Å². The molecule has 0 radical (unpaired) electrons. The summed E-state index contributed by atoms with van der Waals surface area (Å²) in [6, 6.07) is 10.5. The molecule has 25 heavy (non-hydrogen) atoms. The minimum Gasteiger partial charge on any atom is -1.00 e. The summed E-state index contributed by atoms with van der Waals surface area (Å²) >= 11 is 0. The molecule has 0 fully saturated rings.